The maximum Gasteiger partial charge on any atom is 0.280 e. The predicted octanol–water partition coefficient (Wildman–Crippen LogP) is 4.12. The maximum absolute atomic E-state index is 14.4. The van der Waals surface area contributed by atoms with Crippen molar-refractivity contribution in [1.82, 2.24) is 14.5 Å². The van der Waals surface area contributed by atoms with E-state index >= 15 is 0 Å². The van der Waals surface area contributed by atoms with Gasteiger partial charge in [-0.05, 0) is 55.4 Å². The fraction of sp³-hybridized carbons (Fsp3) is 0.469. The summed E-state index contributed by atoms with van der Waals surface area (Å²) >= 11 is 0. The number of carbonyl (C=O) groups is 1. The van der Waals surface area contributed by atoms with E-state index in [1.165, 1.54) is 10.9 Å². The highest BCUT2D eigenvalue weighted by Crippen LogP contribution is 2.46. The van der Waals surface area contributed by atoms with Gasteiger partial charge in [0.15, 0.2) is 5.69 Å². The van der Waals surface area contributed by atoms with E-state index in [2.05, 4.69) is 4.98 Å². The summed E-state index contributed by atoms with van der Waals surface area (Å²) in [7, 11) is 0. The molecule has 2 atom stereocenters. The lowest BCUT2D eigenvalue weighted by Gasteiger charge is -2.42. The molecule has 4 N–H and O–H groups in total. The molecule has 1 saturated heterocycles. The molecule has 2 aromatic carbocycles. The number of carbonyl (C=O) groups excluding carboxylic acids is 1. The standard InChI is InChI=1S/C32H38F2N4O5/c33-32(34)13-12-25(26(19-32)23-6-2-1-3-7-23)29(40)37-16-14-31(42,15-17-37)20-38-21-36-28(27(35)30(38)41)43-24-10-8-22(9-11-24)5-4-18-39/h1-3,6-11,21,25-26,39,42H,4-5,12-20,35H2/t25-,26+/m1/s1. The number of halogens is 2. The number of aliphatic hydroxyl groups is 2. The minimum Gasteiger partial charge on any atom is -0.437 e. The number of likely N-dealkylation sites (tertiary alicyclic amines) is 1. The first kappa shape index (κ1) is 30.6. The summed E-state index contributed by atoms with van der Waals surface area (Å²) in [5.41, 5.74) is 5.82. The first-order valence-corrected chi connectivity index (χ1v) is 14.7. The number of alkyl halides is 2. The highest BCUT2D eigenvalue weighted by Gasteiger charge is 2.46. The van der Waals surface area contributed by atoms with Gasteiger partial charge in [0.2, 0.25) is 17.7 Å². The van der Waals surface area contributed by atoms with E-state index in [0.29, 0.717) is 12.2 Å². The first-order chi connectivity index (χ1) is 20.6. The third-order valence-electron chi connectivity index (χ3n) is 8.64. The summed E-state index contributed by atoms with van der Waals surface area (Å²) in [4.78, 5) is 32.4. The topological polar surface area (TPSA) is 131 Å². The van der Waals surface area contributed by atoms with Crippen LogP contribution in [0, 0.1) is 5.92 Å². The molecular formula is C32H38F2N4O5. The molecule has 1 amide bonds. The second kappa shape index (κ2) is 12.8. The third-order valence-corrected chi connectivity index (χ3v) is 8.64. The van der Waals surface area contributed by atoms with E-state index in [0.717, 1.165) is 17.5 Å². The fourth-order valence-corrected chi connectivity index (χ4v) is 6.14. The van der Waals surface area contributed by atoms with E-state index in [9.17, 15) is 23.5 Å². The lowest BCUT2D eigenvalue weighted by atomic mass is 9.73. The van der Waals surface area contributed by atoms with Crippen LogP contribution in [0.1, 0.15) is 55.6 Å². The minimum atomic E-state index is -2.81. The number of anilines is 1. The zero-order valence-corrected chi connectivity index (χ0v) is 24.0. The van der Waals surface area contributed by atoms with Crippen LogP contribution in [0.4, 0.5) is 14.5 Å². The average Bonchev–Trinajstić information content (AvgIpc) is 3.00. The number of hydrogen-bond acceptors (Lipinski definition) is 7. The molecule has 0 spiro atoms. The van der Waals surface area contributed by atoms with Gasteiger partial charge in [-0.2, -0.15) is 0 Å². The molecule has 1 aliphatic heterocycles. The molecule has 0 radical (unpaired) electrons. The van der Waals surface area contributed by atoms with Gasteiger partial charge in [0.25, 0.3) is 5.56 Å². The van der Waals surface area contributed by atoms with Crippen LogP contribution in [-0.4, -0.2) is 61.8 Å². The van der Waals surface area contributed by atoms with E-state index in [4.69, 9.17) is 15.6 Å². The quantitative estimate of drug-likeness (QED) is 0.339. The van der Waals surface area contributed by atoms with Crippen molar-refractivity contribution >= 4 is 11.6 Å². The molecule has 2 fully saturated rings. The molecule has 0 unspecified atom stereocenters. The van der Waals surface area contributed by atoms with Crippen molar-refractivity contribution in [2.24, 2.45) is 5.92 Å². The van der Waals surface area contributed by atoms with Gasteiger partial charge in [-0.3, -0.25) is 14.2 Å². The minimum absolute atomic E-state index is 0.0391. The van der Waals surface area contributed by atoms with Crippen LogP contribution in [0.5, 0.6) is 11.6 Å². The number of ether oxygens (including phenoxy) is 1. The van der Waals surface area contributed by atoms with Crippen LogP contribution < -0.4 is 16.0 Å². The molecule has 43 heavy (non-hydrogen) atoms. The molecule has 2 heterocycles. The summed E-state index contributed by atoms with van der Waals surface area (Å²) in [6.45, 7) is 0.543. The van der Waals surface area contributed by atoms with Crippen LogP contribution in [0.25, 0.3) is 0 Å². The predicted molar refractivity (Wildman–Crippen MR) is 157 cm³/mol. The van der Waals surface area contributed by atoms with Crippen LogP contribution in [0.3, 0.4) is 0 Å². The van der Waals surface area contributed by atoms with Gasteiger partial charge in [-0.15, -0.1) is 0 Å². The van der Waals surface area contributed by atoms with Crippen molar-refractivity contribution in [2.45, 2.75) is 68.9 Å². The summed E-state index contributed by atoms with van der Waals surface area (Å²) < 4.78 is 35.7. The summed E-state index contributed by atoms with van der Waals surface area (Å²) in [6, 6.07) is 16.2. The highest BCUT2D eigenvalue weighted by atomic mass is 19.3. The van der Waals surface area contributed by atoms with Crippen LogP contribution in [0.2, 0.25) is 0 Å². The van der Waals surface area contributed by atoms with Crippen molar-refractivity contribution < 1.29 is 28.5 Å². The highest BCUT2D eigenvalue weighted by molar-refractivity contribution is 5.80. The number of amides is 1. The smallest absolute Gasteiger partial charge is 0.280 e. The monoisotopic (exact) mass is 596 g/mol. The number of rotatable bonds is 9. The molecule has 9 nitrogen and oxygen atoms in total. The summed E-state index contributed by atoms with van der Waals surface area (Å²) in [6.07, 6.45) is 2.52. The average molecular weight is 597 g/mol. The van der Waals surface area contributed by atoms with Gasteiger partial charge in [0.1, 0.15) is 12.1 Å². The largest absolute Gasteiger partial charge is 0.437 e. The molecule has 2 aliphatic rings. The Hall–Kier alpha value is -3.83. The molecule has 1 saturated carbocycles. The van der Waals surface area contributed by atoms with E-state index in [-0.39, 0.29) is 75.8 Å². The van der Waals surface area contributed by atoms with E-state index in [1.807, 2.05) is 18.2 Å². The van der Waals surface area contributed by atoms with Gasteiger partial charge < -0.3 is 25.6 Å². The zero-order chi connectivity index (χ0) is 30.6. The summed E-state index contributed by atoms with van der Waals surface area (Å²) in [5, 5.41) is 20.3. The van der Waals surface area contributed by atoms with Crippen molar-refractivity contribution in [3.05, 3.63) is 82.4 Å². The van der Waals surface area contributed by atoms with E-state index in [1.54, 1.807) is 41.3 Å². The Kier molecular flexibility index (Phi) is 9.12. The number of piperidine rings is 1. The molecule has 230 valence electrons. The number of hydrogen-bond donors (Lipinski definition) is 3. The van der Waals surface area contributed by atoms with Gasteiger partial charge in [0, 0.05) is 44.4 Å². The number of aliphatic hydroxyl groups excluding tert-OH is 1. The normalized spacial score (nSPS) is 21.3. The molecule has 1 aromatic heterocycles. The first-order valence-electron chi connectivity index (χ1n) is 14.7. The van der Waals surface area contributed by atoms with Crippen molar-refractivity contribution in [3.63, 3.8) is 0 Å². The van der Waals surface area contributed by atoms with E-state index < -0.39 is 28.9 Å². The third kappa shape index (κ3) is 7.22. The van der Waals surface area contributed by atoms with Crippen LogP contribution in [0.15, 0.2) is 65.7 Å². The number of nitrogen functional groups attached to an aromatic ring is 1. The Balaban J connectivity index is 1.21. The van der Waals surface area contributed by atoms with Gasteiger partial charge in [-0.25, -0.2) is 13.8 Å². The van der Waals surface area contributed by atoms with Crippen molar-refractivity contribution in [2.75, 3.05) is 25.4 Å². The van der Waals surface area contributed by atoms with Crippen LogP contribution >= 0.6 is 0 Å². The van der Waals surface area contributed by atoms with Crippen molar-refractivity contribution in [3.8, 4) is 11.6 Å². The second-order valence-corrected chi connectivity index (χ2v) is 11.7. The molecule has 0 bridgehead atoms. The molecular weight excluding hydrogens is 558 g/mol. The maximum atomic E-state index is 14.4. The number of benzene rings is 2. The fourth-order valence-electron chi connectivity index (χ4n) is 6.14. The number of nitrogens with zero attached hydrogens (tertiary/aromatic N) is 3. The van der Waals surface area contributed by atoms with Crippen molar-refractivity contribution in [1.29, 1.82) is 0 Å². The SMILES string of the molecule is Nc1c(Oc2ccc(CCCO)cc2)ncn(CC2(O)CCN(C(=O)[C@@H]3CCC(F)(F)C[C@H]3c3ccccc3)CC2)c1=O. The summed E-state index contributed by atoms with van der Waals surface area (Å²) in [5.74, 6) is -3.69. The Morgan fingerprint density at radius 1 is 1.07 bits per heavy atom. The second-order valence-electron chi connectivity index (χ2n) is 11.7. The van der Waals surface area contributed by atoms with Crippen LogP contribution in [-0.2, 0) is 17.8 Å². The Bertz CT molecular complexity index is 1460. The molecule has 5 rings (SSSR count). The van der Waals surface area contributed by atoms with Gasteiger partial charge >= 0.3 is 0 Å². The number of aromatic nitrogens is 2. The lowest BCUT2D eigenvalue weighted by molar-refractivity contribution is -0.145. The lowest BCUT2D eigenvalue weighted by Crippen LogP contribution is -2.52. The number of nitrogens with two attached hydrogens (primary N) is 1. The Labute approximate surface area is 248 Å². The Morgan fingerprint density at radius 3 is 2.44 bits per heavy atom. The Morgan fingerprint density at radius 2 is 1.77 bits per heavy atom. The molecule has 1 aliphatic carbocycles. The molecule has 3 aromatic rings. The van der Waals surface area contributed by atoms with Gasteiger partial charge in [0.05, 0.1) is 12.1 Å². The number of aryl methyl sites for hydroxylation is 1. The molecule has 11 heteroatoms. The van der Waals surface area contributed by atoms with Gasteiger partial charge in [-0.1, -0.05) is 42.5 Å². The zero-order valence-electron chi connectivity index (χ0n) is 24.0.